The lowest BCUT2D eigenvalue weighted by Gasteiger charge is -2.30. The molecule has 0 aliphatic heterocycles. The molecule has 0 aromatic heterocycles. The van der Waals surface area contributed by atoms with Gasteiger partial charge < -0.3 is 20.1 Å². The molecule has 7 nitrogen and oxygen atoms in total. The van der Waals surface area contributed by atoms with Crippen LogP contribution in [0.2, 0.25) is 0 Å². The molecule has 1 aliphatic rings. The Morgan fingerprint density at radius 3 is 2.38 bits per heavy atom. The molecule has 4 atom stereocenters. The molecule has 1 aromatic carbocycles. The molecule has 2 N–H and O–H groups in total. The Bertz CT molecular complexity index is 704. The van der Waals surface area contributed by atoms with Crippen LogP contribution in [-0.4, -0.2) is 37.0 Å². The average molecular weight is 405 g/mol. The van der Waals surface area contributed by atoms with Gasteiger partial charge in [-0.1, -0.05) is 31.9 Å². The summed E-state index contributed by atoms with van der Waals surface area (Å²) >= 11 is 0. The lowest BCUT2D eigenvalue weighted by molar-refractivity contribution is -0.155. The van der Waals surface area contributed by atoms with Crippen molar-refractivity contribution < 1.29 is 23.9 Å². The zero-order chi connectivity index (χ0) is 21.4. The van der Waals surface area contributed by atoms with Gasteiger partial charge in [0.15, 0.2) is 6.10 Å². The smallest absolute Gasteiger partial charge is 0.309 e. The molecule has 2 rings (SSSR count). The Labute approximate surface area is 172 Å². The lowest BCUT2D eigenvalue weighted by Crippen LogP contribution is -2.46. The monoisotopic (exact) mass is 404 g/mol. The van der Waals surface area contributed by atoms with Crippen molar-refractivity contribution in [2.75, 3.05) is 7.11 Å². The van der Waals surface area contributed by atoms with Crippen LogP contribution in [0.1, 0.15) is 64.5 Å². The van der Waals surface area contributed by atoms with Crippen LogP contribution in [0.4, 0.5) is 0 Å². The van der Waals surface area contributed by atoms with Crippen LogP contribution >= 0.6 is 0 Å². The molecule has 1 saturated carbocycles. The van der Waals surface area contributed by atoms with Crippen molar-refractivity contribution in [1.82, 2.24) is 10.6 Å². The Balaban J connectivity index is 1.93. The Morgan fingerprint density at radius 1 is 1.14 bits per heavy atom. The Hall–Kier alpha value is -2.57. The summed E-state index contributed by atoms with van der Waals surface area (Å²) in [7, 11) is 1.57. The number of hydrogen-bond acceptors (Lipinski definition) is 5. The molecule has 7 heteroatoms. The van der Waals surface area contributed by atoms with E-state index in [2.05, 4.69) is 17.6 Å². The quantitative estimate of drug-likeness (QED) is 0.650. The number of nitrogens with one attached hydrogen (secondary N) is 2. The number of esters is 1. The van der Waals surface area contributed by atoms with E-state index in [4.69, 9.17) is 9.47 Å². The highest BCUT2D eigenvalue weighted by atomic mass is 16.5. The highest BCUT2D eigenvalue weighted by Gasteiger charge is 2.27. The fourth-order valence-corrected chi connectivity index (χ4v) is 3.63. The molecule has 0 radical (unpaired) electrons. The molecule has 0 bridgehead atoms. The SMILES string of the molecule is COc1ccc(C(CC(=O)OC(C)C(=O)NC2CCCCC2C)NC(C)=O)cc1. The van der Waals surface area contributed by atoms with Gasteiger partial charge in [0.25, 0.3) is 5.91 Å². The highest BCUT2D eigenvalue weighted by molar-refractivity contribution is 5.84. The van der Waals surface area contributed by atoms with Crippen molar-refractivity contribution in [3.63, 3.8) is 0 Å². The minimum absolute atomic E-state index is 0.0661. The zero-order valence-electron chi connectivity index (χ0n) is 17.7. The Kier molecular flexibility index (Phi) is 8.49. The summed E-state index contributed by atoms with van der Waals surface area (Å²) in [4.78, 5) is 36.4. The maximum atomic E-state index is 12.4. The maximum Gasteiger partial charge on any atom is 0.309 e. The molecule has 1 fully saturated rings. The van der Waals surface area contributed by atoms with Gasteiger partial charge in [0.2, 0.25) is 5.91 Å². The number of methoxy groups -OCH3 is 1. The van der Waals surface area contributed by atoms with Gasteiger partial charge in [-0.15, -0.1) is 0 Å². The van der Waals surface area contributed by atoms with Gasteiger partial charge in [0, 0.05) is 13.0 Å². The third kappa shape index (κ3) is 7.07. The summed E-state index contributed by atoms with van der Waals surface area (Å²) in [5.41, 5.74) is 0.756. The molecule has 2 amide bonds. The molecule has 29 heavy (non-hydrogen) atoms. The summed E-state index contributed by atoms with van der Waals surface area (Å²) in [6.45, 7) is 5.10. The second kappa shape index (κ2) is 10.8. The zero-order valence-corrected chi connectivity index (χ0v) is 17.7. The summed E-state index contributed by atoms with van der Waals surface area (Å²) in [6.07, 6.45) is 3.39. The molecule has 1 aromatic rings. The standard InChI is InChI=1S/C22H32N2O5/c1-14-7-5-6-8-19(14)24-22(27)15(2)29-21(26)13-20(23-16(3)25)17-9-11-18(28-4)12-10-17/h9-12,14-15,19-20H,5-8,13H2,1-4H3,(H,23,25)(H,24,27). The van der Waals surface area contributed by atoms with E-state index in [0.29, 0.717) is 11.7 Å². The van der Waals surface area contributed by atoms with Crippen molar-refractivity contribution in [3.8, 4) is 5.75 Å². The number of amides is 2. The van der Waals surface area contributed by atoms with Gasteiger partial charge in [0.1, 0.15) is 5.75 Å². The van der Waals surface area contributed by atoms with E-state index in [1.807, 2.05) is 0 Å². The van der Waals surface area contributed by atoms with Crippen LogP contribution in [-0.2, 0) is 19.1 Å². The summed E-state index contributed by atoms with van der Waals surface area (Å²) in [5.74, 6) is 0.0298. The van der Waals surface area contributed by atoms with Crippen molar-refractivity contribution in [3.05, 3.63) is 29.8 Å². The van der Waals surface area contributed by atoms with E-state index >= 15 is 0 Å². The van der Waals surface area contributed by atoms with Gasteiger partial charge in [0.05, 0.1) is 19.6 Å². The first-order chi connectivity index (χ1) is 13.8. The first-order valence-electron chi connectivity index (χ1n) is 10.2. The number of carbonyl (C=O) groups is 3. The minimum Gasteiger partial charge on any atom is -0.497 e. The number of ether oxygens (including phenoxy) is 2. The maximum absolute atomic E-state index is 12.4. The highest BCUT2D eigenvalue weighted by Crippen LogP contribution is 2.24. The van der Waals surface area contributed by atoms with Gasteiger partial charge >= 0.3 is 5.97 Å². The lowest BCUT2D eigenvalue weighted by atomic mass is 9.86. The summed E-state index contributed by atoms with van der Waals surface area (Å²) < 4.78 is 10.5. The van der Waals surface area contributed by atoms with Crippen LogP contribution in [0.5, 0.6) is 5.75 Å². The second-order valence-corrected chi connectivity index (χ2v) is 7.74. The third-order valence-electron chi connectivity index (χ3n) is 5.38. The number of rotatable bonds is 8. The topological polar surface area (TPSA) is 93.7 Å². The predicted octanol–water partition coefficient (Wildman–Crippen LogP) is 2.89. The number of carbonyl (C=O) groups excluding carboxylic acids is 3. The molecule has 4 unspecified atom stereocenters. The Morgan fingerprint density at radius 2 is 1.79 bits per heavy atom. The van der Waals surface area contributed by atoms with E-state index in [9.17, 15) is 14.4 Å². The van der Waals surface area contributed by atoms with Crippen LogP contribution in [0.25, 0.3) is 0 Å². The van der Waals surface area contributed by atoms with Gasteiger partial charge in [-0.25, -0.2) is 0 Å². The summed E-state index contributed by atoms with van der Waals surface area (Å²) in [6, 6.07) is 6.68. The van der Waals surface area contributed by atoms with Gasteiger partial charge in [-0.2, -0.15) is 0 Å². The summed E-state index contributed by atoms with van der Waals surface area (Å²) in [5, 5.41) is 5.76. The first kappa shape index (κ1) is 22.7. The van der Waals surface area contributed by atoms with Gasteiger partial charge in [-0.3, -0.25) is 14.4 Å². The van der Waals surface area contributed by atoms with Crippen molar-refractivity contribution in [2.24, 2.45) is 5.92 Å². The predicted molar refractivity (Wildman–Crippen MR) is 109 cm³/mol. The first-order valence-corrected chi connectivity index (χ1v) is 10.2. The van der Waals surface area contributed by atoms with E-state index in [0.717, 1.165) is 24.8 Å². The molecular formula is C22H32N2O5. The molecule has 0 spiro atoms. The van der Waals surface area contributed by atoms with Crippen LogP contribution in [0.3, 0.4) is 0 Å². The number of benzene rings is 1. The fraction of sp³-hybridized carbons (Fsp3) is 0.591. The van der Waals surface area contributed by atoms with E-state index < -0.39 is 18.1 Å². The minimum atomic E-state index is -0.884. The van der Waals surface area contributed by atoms with Gasteiger partial charge in [-0.05, 0) is 43.4 Å². The average Bonchev–Trinajstić information content (AvgIpc) is 2.68. The van der Waals surface area contributed by atoms with E-state index in [1.165, 1.54) is 13.3 Å². The van der Waals surface area contributed by atoms with Crippen LogP contribution in [0, 0.1) is 5.92 Å². The molecule has 0 saturated heterocycles. The fourth-order valence-electron chi connectivity index (χ4n) is 3.63. The molecule has 0 heterocycles. The van der Waals surface area contributed by atoms with E-state index in [-0.39, 0.29) is 24.3 Å². The van der Waals surface area contributed by atoms with Crippen molar-refractivity contribution in [2.45, 2.75) is 71.1 Å². The molecule has 1 aliphatic carbocycles. The van der Waals surface area contributed by atoms with Crippen LogP contribution in [0.15, 0.2) is 24.3 Å². The largest absolute Gasteiger partial charge is 0.497 e. The van der Waals surface area contributed by atoms with Crippen LogP contribution < -0.4 is 15.4 Å². The molecular weight excluding hydrogens is 372 g/mol. The molecule has 160 valence electrons. The number of hydrogen-bond donors (Lipinski definition) is 2. The van der Waals surface area contributed by atoms with Crippen molar-refractivity contribution in [1.29, 1.82) is 0 Å². The third-order valence-corrected chi connectivity index (χ3v) is 5.38. The van der Waals surface area contributed by atoms with E-state index in [1.54, 1.807) is 38.3 Å². The second-order valence-electron chi connectivity index (χ2n) is 7.74. The normalized spacial score (nSPS) is 20.8. The van der Waals surface area contributed by atoms with Crippen molar-refractivity contribution >= 4 is 17.8 Å².